The lowest BCUT2D eigenvalue weighted by molar-refractivity contribution is -0.172. The molecular formula is C15H16BrF3N2O3. The van der Waals surface area contributed by atoms with Crippen LogP contribution in [-0.4, -0.2) is 53.5 Å². The van der Waals surface area contributed by atoms with Gasteiger partial charge in [0.25, 0.3) is 12.2 Å². The van der Waals surface area contributed by atoms with Gasteiger partial charge in [-0.3, -0.25) is 4.79 Å². The molecule has 5 nitrogen and oxygen atoms in total. The predicted octanol–water partition coefficient (Wildman–Crippen LogP) is 3.29. The Bertz CT molecular complexity index is 629. The van der Waals surface area contributed by atoms with E-state index in [0.29, 0.717) is 9.37 Å². The summed E-state index contributed by atoms with van der Waals surface area (Å²) < 4.78 is 42.7. The number of benzene rings is 1. The number of rotatable bonds is 4. The Balaban J connectivity index is 2.26. The first-order valence-electron chi connectivity index (χ1n) is 7.16. The molecule has 1 aliphatic rings. The first-order valence-corrected chi connectivity index (χ1v) is 7.95. The number of nitrogens with zero attached hydrogens (tertiary/aromatic N) is 2. The normalized spacial score (nSPS) is 20.1. The highest BCUT2D eigenvalue weighted by Gasteiger charge is 2.50. The molecule has 1 fully saturated rings. The molecule has 1 aromatic rings. The highest BCUT2D eigenvalue weighted by molar-refractivity contribution is 9.10. The zero-order valence-electron chi connectivity index (χ0n) is 12.8. The molecule has 0 radical (unpaired) electrons. The summed E-state index contributed by atoms with van der Waals surface area (Å²) in [6, 6.07) is 5.18. The van der Waals surface area contributed by atoms with E-state index in [1.165, 1.54) is 24.3 Å². The lowest BCUT2D eigenvalue weighted by Crippen LogP contribution is -2.51. The minimum Gasteiger partial charge on any atom is -0.465 e. The van der Waals surface area contributed by atoms with E-state index in [2.05, 4.69) is 15.9 Å². The van der Waals surface area contributed by atoms with E-state index in [-0.39, 0.29) is 25.1 Å². The molecule has 0 aliphatic carbocycles. The van der Waals surface area contributed by atoms with E-state index in [1.807, 2.05) is 0 Å². The van der Waals surface area contributed by atoms with Crippen LogP contribution in [0.25, 0.3) is 0 Å². The van der Waals surface area contributed by atoms with Crippen LogP contribution in [0.5, 0.6) is 0 Å². The summed E-state index contributed by atoms with van der Waals surface area (Å²) in [6.07, 6.45) is -4.47. The minimum atomic E-state index is -3.45. The first kappa shape index (κ1) is 18.6. The molecule has 132 valence electrons. The van der Waals surface area contributed by atoms with Crippen LogP contribution in [0.4, 0.5) is 18.0 Å². The molecule has 0 aromatic heterocycles. The second kappa shape index (κ2) is 7.00. The maximum absolute atomic E-state index is 15.1. The van der Waals surface area contributed by atoms with Crippen molar-refractivity contribution in [2.75, 3.05) is 20.1 Å². The summed E-state index contributed by atoms with van der Waals surface area (Å²) in [4.78, 5) is 24.7. The van der Waals surface area contributed by atoms with Crippen LogP contribution in [0.15, 0.2) is 28.7 Å². The van der Waals surface area contributed by atoms with Crippen LogP contribution in [-0.2, 0) is 10.6 Å². The van der Waals surface area contributed by atoms with Crippen molar-refractivity contribution in [3.8, 4) is 0 Å². The van der Waals surface area contributed by atoms with Crippen molar-refractivity contribution in [2.24, 2.45) is 5.92 Å². The number of halogens is 4. The summed E-state index contributed by atoms with van der Waals surface area (Å²) in [7, 11) is 0.972. The Morgan fingerprint density at radius 2 is 1.96 bits per heavy atom. The molecule has 0 saturated carbocycles. The SMILES string of the molecule is CN(C(=O)C1CCN(C(=O)O)C1)C(F)(c1ccc(Br)cc1)C(F)F. The first-order chi connectivity index (χ1) is 11.2. The van der Waals surface area contributed by atoms with Crippen molar-refractivity contribution in [1.29, 1.82) is 0 Å². The highest BCUT2D eigenvalue weighted by atomic mass is 79.9. The standard InChI is InChI=1S/C15H16BrF3N2O3/c1-20(12(22)9-6-7-21(8-9)14(23)24)15(19,13(17)18)10-2-4-11(16)5-3-10/h2-5,9,13H,6-8H2,1H3,(H,23,24). The Morgan fingerprint density at radius 3 is 2.42 bits per heavy atom. The van der Waals surface area contributed by atoms with Gasteiger partial charge in [0.15, 0.2) is 0 Å². The molecule has 9 heteroatoms. The molecular weight excluding hydrogens is 393 g/mol. The summed E-state index contributed by atoms with van der Waals surface area (Å²) in [5.41, 5.74) is -0.343. The van der Waals surface area contributed by atoms with Crippen LogP contribution in [0.2, 0.25) is 0 Å². The maximum atomic E-state index is 15.1. The van der Waals surface area contributed by atoms with E-state index in [1.54, 1.807) is 0 Å². The molecule has 0 spiro atoms. The fourth-order valence-corrected chi connectivity index (χ4v) is 2.98. The number of carbonyl (C=O) groups is 2. The maximum Gasteiger partial charge on any atom is 0.407 e. The van der Waals surface area contributed by atoms with Gasteiger partial charge in [-0.25, -0.2) is 18.0 Å². The Labute approximate surface area is 145 Å². The third-order valence-electron chi connectivity index (χ3n) is 4.16. The predicted molar refractivity (Wildman–Crippen MR) is 83.4 cm³/mol. The van der Waals surface area contributed by atoms with Crippen molar-refractivity contribution in [3.05, 3.63) is 34.3 Å². The zero-order valence-corrected chi connectivity index (χ0v) is 14.3. The van der Waals surface area contributed by atoms with E-state index >= 15 is 4.39 Å². The number of hydrogen-bond donors (Lipinski definition) is 1. The fourth-order valence-electron chi connectivity index (χ4n) is 2.72. The van der Waals surface area contributed by atoms with Crippen molar-refractivity contribution < 1.29 is 27.9 Å². The molecule has 0 bridgehead atoms. The second-order valence-electron chi connectivity index (χ2n) is 5.59. The summed E-state index contributed by atoms with van der Waals surface area (Å²) in [5, 5.41) is 8.91. The van der Waals surface area contributed by atoms with Gasteiger partial charge in [0.05, 0.1) is 5.92 Å². The number of hydrogen-bond acceptors (Lipinski definition) is 2. The summed E-state index contributed by atoms with van der Waals surface area (Å²) in [6.45, 7) is -0.00993. The van der Waals surface area contributed by atoms with E-state index in [4.69, 9.17) is 5.11 Å². The second-order valence-corrected chi connectivity index (χ2v) is 6.51. The quantitative estimate of drug-likeness (QED) is 0.777. The lowest BCUT2D eigenvalue weighted by atomic mass is 10.00. The Morgan fingerprint density at radius 1 is 1.38 bits per heavy atom. The average Bonchev–Trinajstić information content (AvgIpc) is 3.03. The van der Waals surface area contributed by atoms with Crippen LogP contribution in [0, 0.1) is 5.92 Å². The monoisotopic (exact) mass is 408 g/mol. The van der Waals surface area contributed by atoms with Crippen molar-refractivity contribution in [3.63, 3.8) is 0 Å². The van der Waals surface area contributed by atoms with Gasteiger partial charge >= 0.3 is 6.09 Å². The smallest absolute Gasteiger partial charge is 0.407 e. The van der Waals surface area contributed by atoms with Gasteiger partial charge in [-0.15, -0.1) is 0 Å². The topological polar surface area (TPSA) is 60.9 Å². The summed E-state index contributed by atoms with van der Waals surface area (Å²) >= 11 is 3.14. The van der Waals surface area contributed by atoms with Gasteiger partial charge in [-0.1, -0.05) is 28.1 Å². The van der Waals surface area contributed by atoms with Gasteiger partial charge in [0.1, 0.15) is 0 Å². The lowest BCUT2D eigenvalue weighted by Gasteiger charge is -2.35. The molecule has 2 unspecified atom stereocenters. The van der Waals surface area contributed by atoms with E-state index < -0.39 is 30.1 Å². The zero-order chi connectivity index (χ0) is 18.1. The van der Waals surface area contributed by atoms with Crippen molar-refractivity contribution >= 4 is 27.9 Å². The average molecular weight is 409 g/mol. The van der Waals surface area contributed by atoms with Gasteiger partial charge in [-0.2, -0.15) is 0 Å². The summed E-state index contributed by atoms with van der Waals surface area (Å²) in [5.74, 6) is -4.96. The molecule has 2 amide bonds. The molecule has 1 N–H and O–H groups in total. The van der Waals surface area contributed by atoms with Crippen LogP contribution >= 0.6 is 15.9 Å². The molecule has 1 aliphatic heterocycles. The van der Waals surface area contributed by atoms with Crippen LogP contribution < -0.4 is 0 Å². The molecule has 1 aromatic carbocycles. The third-order valence-corrected chi connectivity index (χ3v) is 4.69. The van der Waals surface area contributed by atoms with Crippen LogP contribution in [0.1, 0.15) is 12.0 Å². The third kappa shape index (κ3) is 3.35. The van der Waals surface area contributed by atoms with Gasteiger partial charge in [-0.05, 0) is 18.6 Å². The Hall–Kier alpha value is -1.77. The van der Waals surface area contributed by atoms with E-state index in [0.717, 1.165) is 11.9 Å². The van der Waals surface area contributed by atoms with Crippen molar-refractivity contribution in [1.82, 2.24) is 9.80 Å². The van der Waals surface area contributed by atoms with E-state index in [9.17, 15) is 18.4 Å². The van der Waals surface area contributed by atoms with Crippen molar-refractivity contribution in [2.45, 2.75) is 18.6 Å². The van der Waals surface area contributed by atoms with Gasteiger partial charge in [0, 0.05) is 30.2 Å². The number of amides is 2. The number of carbonyl (C=O) groups excluding carboxylic acids is 1. The molecule has 1 heterocycles. The molecule has 2 atom stereocenters. The highest BCUT2D eigenvalue weighted by Crippen LogP contribution is 2.38. The fraction of sp³-hybridized carbons (Fsp3) is 0.467. The number of likely N-dealkylation sites (tertiary alicyclic amines) is 1. The molecule has 24 heavy (non-hydrogen) atoms. The number of carboxylic acid groups (broad SMARTS) is 1. The largest absolute Gasteiger partial charge is 0.465 e. The minimum absolute atomic E-state index is 0.117. The molecule has 1 saturated heterocycles. The van der Waals surface area contributed by atoms with Gasteiger partial charge < -0.3 is 14.9 Å². The van der Waals surface area contributed by atoms with Gasteiger partial charge in [0.2, 0.25) is 5.91 Å². The number of alkyl halides is 3. The Kier molecular flexibility index (Phi) is 5.42. The molecule has 2 rings (SSSR count). The van der Waals surface area contributed by atoms with Crippen LogP contribution in [0.3, 0.4) is 0 Å².